The zero-order valence-electron chi connectivity index (χ0n) is 9.34. The summed E-state index contributed by atoms with van der Waals surface area (Å²) in [7, 11) is 1.94. The average molecular weight is 270 g/mol. The van der Waals surface area contributed by atoms with Crippen molar-refractivity contribution < 1.29 is 0 Å². The van der Waals surface area contributed by atoms with E-state index in [1.807, 2.05) is 18.7 Å². The van der Waals surface area contributed by atoms with Crippen molar-refractivity contribution in [2.45, 2.75) is 32.9 Å². The Hall–Kier alpha value is -0.790. The van der Waals surface area contributed by atoms with Crippen molar-refractivity contribution in [1.82, 2.24) is 15.1 Å². The molecule has 0 aliphatic carbocycles. The molecular formula is C11H16BrN3. The van der Waals surface area contributed by atoms with Crippen LogP contribution in [0, 0.1) is 19.3 Å². The Morgan fingerprint density at radius 3 is 2.73 bits per heavy atom. The average Bonchev–Trinajstić information content (AvgIpc) is 2.45. The Bertz CT molecular complexity index is 376. The highest BCUT2D eigenvalue weighted by Crippen LogP contribution is 2.19. The number of aryl methyl sites for hydroxylation is 2. The van der Waals surface area contributed by atoms with Gasteiger partial charge in [-0.15, -0.1) is 6.42 Å². The lowest BCUT2D eigenvalue weighted by atomic mass is 10.2. The fourth-order valence-corrected chi connectivity index (χ4v) is 1.89. The van der Waals surface area contributed by atoms with E-state index in [0.29, 0.717) is 0 Å². The lowest BCUT2D eigenvalue weighted by molar-refractivity contribution is 0.562. The van der Waals surface area contributed by atoms with E-state index in [1.54, 1.807) is 0 Å². The van der Waals surface area contributed by atoms with Crippen LogP contribution in [-0.2, 0) is 13.6 Å². The lowest BCUT2D eigenvalue weighted by Gasteiger charge is -2.10. The van der Waals surface area contributed by atoms with Crippen molar-refractivity contribution in [2.75, 3.05) is 0 Å². The standard InChI is InChI=1S/C11H16BrN3/c1-5-9(6-2)13-7-10-11(12)8(3)14-15(10)4/h1,9,13H,6-7H2,2-4H3. The molecule has 82 valence electrons. The van der Waals surface area contributed by atoms with E-state index >= 15 is 0 Å². The molecule has 0 radical (unpaired) electrons. The summed E-state index contributed by atoms with van der Waals surface area (Å²) in [4.78, 5) is 0. The predicted octanol–water partition coefficient (Wildman–Crippen LogP) is 1.99. The molecule has 0 spiro atoms. The highest BCUT2D eigenvalue weighted by atomic mass is 79.9. The topological polar surface area (TPSA) is 29.9 Å². The van der Waals surface area contributed by atoms with Crippen molar-refractivity contribution in [1.29, 1.82) is 0 Å². The molecule has 0 fully saturated rings. The summed E-state index contributed by atoms with van der Waals surface area (Å²) in [5, 5.41) is 7.62. The van der Waals surface area contributed by atoms with Gasteiger partial charge in [0.25, 0.3) is 0 Å². The molecule has 0 saturated carbocycles. The summed E-state index contributed by atoms with van der Waals surface area (Å²) in [6, 6.07) is 0.132. The van der Waals surface area contributed by atoms with Crippen molar-refractivity contribution in [3.8, 4) is 12.3 Å². The molecule has 4 heteroatoms. The number of hydrogen-bond donors (Lipinski definition) is 1. The van der Waals surface area contributed by atoms with Crippen LogP contribution in [0.2, 0.25) is 0 Å². The zero-order valence-corrected chi connectivity index (χ0v) is 10.9. The fraction of sp³-hybridized carbons (Fsp3) is 0.545. The van der Waals surface area contributed by atoms with Gasteiger partial charge in [-0.05, 0) is 29.3 Å². The quantitative estimate of drug-likeness (QED) is 0.848. The monoisotopic (exact) mass is 269 g/mol. The third-order valence-electron chi connectivity index (χ3n) is 2.39. The summed E-state index contributed by atoms with van der Waals surface area (Å²) in [5.74, 6) is 2.71. The molecule has 1 aromatic rings. The number of nitrogens with zero attached hydrogens (tertiary/aromatic N) is 2. The molecule has 0 bridgehead atoms. The first-order valence-electron chi connectivity index (χ1n) is 4.97. The van der Waals surface area contributed by atoms with Gasteiger partial charge in [0.05, 0.1) is 21.9 Å². The third-order valence-corrected chi connectivity index (χ3v) is 3.42. The summed E-state index contributed by atoms with van der Waals surface area (Å²) < 4.78 is 2.93. The minimum Gasteiger partial charge on any atom is -0.298 e. The fourth-order valence-electron chi connectivity index (χ4n) is 1.41. The van der Waals surface area contributed by atoms with Gasteiger partial charge in [-0.3, -0.25) is 10.00 Å². The molecule has 0 saturated heterocycles. The van der Waals surface area contributed by atoms with Crippen LogP contribution in [0.5, 0.6) is 0 Å². The Balaban J connectivity index is 2.69. The van der Waals surface area contributed by atoms with Crippen molar-refractivity contribution >= 4 is 15.9 Å². The van der Waals surface area contributed by atoms with Gasteiger partial charge in [0.2, 0.25) is 0 Å². The van der Waals surface area contributed by atoms with E-state index in [-0.39, 0.29) is 6.04 Å². The Morgan fingerprint density at radius 2 is 2.33 bits per heavy atom. The normalized spacial score (nSPS) is 12.5. The van der Waals surface area contributed by atoms with Gasteiger partial charge in [0, 0.05) is 13.6 Å². The van der Waals surface area contributed by atoms with Crippen LogP contribution < -0.4 is 5.32 Å². The lowest BCUT2D eigenvalue weighted by Crippen LogP contribution is -2.27. The van der Waals surface area contributed by atoms with E-state index < -0.39 is 0 Å². The maximum absolute atomic E-state index is 5.38. The second kappa shape index (κ2) is 5.34. The largest absolute Gasteiger partial charge is 0.298 e. The molecule has 1 aromatic heterocycles. The molecule has 0 aliphatic rings. The smallest absolute Gasteiger partial charge is 0.0739 e. The van der Waals surface area contributed by atoms with Crippen LogP contribution in [0.1, 0.15) is 24.7 Å². The van der Waals surface area contributed by atoms with Gasteiger partial charge >= 0.3 is 0 Å². The molecule has 1 atom stereocenters. The summed E-state index contributed by atoms with van der Waals surface area (Å²) >= 11 is 3.52. The summed E-state index contributed by atoms with van der Waals surface area (Å²) in [5.41, 5.74) is 2.13. The van der Waals surface area contributed by atoms with Crippen molar-refractivity contribution in [3.63, 3.8) is 0 Å². The predicted molar refractivity (Wildman–Crippen MR) is 65.4 cm³/mol. The summed E-state index contributed by atoms with van der Waals surface area (Å²) in [6.07, 6.45) is 6.32. The van der Waals surface area contributed by atoms with E-state index in [2.05, 4.69) is 39.2 Å². The SMILES string of the molecule is C#CC(CC)NCc1c(Br)c(C)nn1C. The number of rotatable bonds is 4. The van der Waals surface area contributed by atoms with E-state index in [1.165, 1.54) is 0 Å². The Kier molecular flexibility index (Phi) is 4.37. The van der Waals surface area contributed by atoms with Gasteiger partial charge < -0.3 is 0 Å². The van der Waals surface area contributed by atoms with Crippen LogP contribution in [0.25, 0.3) is 0 Å². The van der Waals surface area contributed by atoms with Crippen LogP contribution in [0.3, 0.4) is 0 Å². The molecular weight excluding hydrogens is 254 g/mol. The molecule has 1 unspecified atom stereocenters. The van der Waals surface area contributed by atoms with Crippen LogP contribution in [0.15, 0.2) is 4.47 Å². The zero-order chi connectivity index (χ0) is 11.4. The highest BCUT2D eigenvalue weighted by molar-refractivity contribution is 9.10. The van der Waals surface area contributed by atoms with Gasteiger partial charge in [-0.2, -0.15) is 5.10 Å². The van der Waals surface area contributed by atoms with E-state index in [9.17, 15) is 0 Å². The van der Waals surface area contributed by atoms with Crippen LogP contribution >= 0.6 is 15.9 Å². The van der Waals surface area contributed by atoms with Gasteiger partial charge in [-0.1, -0.05) is 12.8 Å². The second-order valence-electron chi connectivity index (χ2n) is 3.48. The molecule has 1 N–H and O–H groups in total. The maximum Gasteiger partial charge on any atom is 0.0739 e. The number of halogens is 1. The first-order chi connectivity index (χ1) is 7.10. The van der Waals surface area contributed by atoms with Crippen molar-refractivity contribution in [3.05, 3.63) is 15.9 Å². The number of hydrogen-bond acceptors (Lipinski definition) is 2. The van der Waals surface area contributed by atoms with Crippen molar-refractivity contribution in [2.24, 2.45) is 7.05 Å². The first kappa shape index (κ1) is 12.3. The van der Waals surface area contributed by atoms with Crippen LogP contribution in [-0.4, -0.2) is 15.8 Å². The molecule has 0 aliphatic heterocycles. The number of terminal acetylenes is 1. The van der Waals surface area contributed by atoms with Crippen LogP contribution in [0.4, 0.5) is 0 Å². The summed E-state index contributed by atoms with van der Waals surface area (Å²) in [6.45, 7) is 4.79. The molecule has 0 aromatic carbocycles. The molecule has 1 rings (SSSR count). The second-order valence-corrected chi connectivity index (χ2v) is 4.27. The van der Waals surface area contributed by atoms with E-state index in [4.69, 9.17) is 6.42 Å². The van der Waals surface area contributed by atoms with Gasteiger partial charge in [-0.25, -0.2) is 0 Å². The highest BCUT2D eigenvalue weighted by Gasteiger charge is 2.11. The van der Waals surface area contributed by atoms with Gasteiger partial charge in [0.1, 0.15) is 0 Å². The van der Waals surface area contributed by atoms with E-state index in [0.717, 1.165) is 28.8 Å². The molecule has 1 heterocycles. The first-order valence-corrected chi connectivity index (χ1v) is 5.76. The van der Waals surface area contributed by atoms with Gasteiger partial charge in [0.15, 0.2) is 0 Å². The Morgan fingerprint density at radius 1 is 1.67 bits per heavy atom. The molecule has 3 nitrogen and oxygen atoms in total. The third kappa shape index (κ3) is 2.83. The number of nitrogens with one attached hydrogen (secondary N) is 1. The molecule has 0 amide bonds. The minimum atomic E-state index is 0.132. The Labute approximate surface area is 99.4 Å². The minimum absolute atomic E-state index is 0.132. The number of aromatic nitrogens is 2. The molecule has 15 heavy (non-hydrogen) atoms. The maximum atomic E-state index is 5.38.